The predicted octanol–water partition coefficient (Wildman–Crippen LogP) is -0.185. The number of nitrogens with one attached hydrogen (secondary N) is 1. The molecule has 2 rings (SSSR count). The van der Waals surface area contributed by atoms with Crippen LogP contribution in [0.25, 0.3) is 0 Å². The molecular weight excluding hydrogens is 386 g/mol. The summed E-state index contributed by atoms with van der Waals surface area (Å²) in [6, 6.07) is 8.99. The second-order valence-corrected chi connectivity index (χ2v) is 6.37. The molecule has 1 aromatic carbocycles. The lowest BCUT2D eigenvalue weighted by Crippen LogP contribution is -2.64. The Labute approximate surface area is 167 Å². The maximum atomic E-state index is 12.7. The number of esters is 3. The van der Waals surface area contributed by atoms with Crippen LogP contribution < -0.4 is 5.32 Å². The first-order valence-electron chi connectivity index (χ1n) is 8.86. The van der Waals surface area contributed by atoms with Gasteiger partial charge in [0.25, 0.3) is 5.91 Å². The molecule has 1 amide bonds. The number of carbonyl (C=O) groups excluding carboxylic acids is 4. The van der Waals surface area contributed by atoms with Crippen molar-refractivity contribution < 1.29 is 43.2 Å². The van der Waals surface area contributed by atoms with Crippen LogP contribution >= 0.6 is 0 Å². The molecule has 0 radical (unpaired) electrons. The molecule has 0 aliphatic carbocycles. The van der Waals surface area contributed by atoms with Crippen LogP contribution in [0.3, 0.4) is 0 Å². The molecule has 1 unspecified atom stereocenters. The molecule has 1 saturated heterocycles. The Morgan fingerprint density at radius 3 is 1.97 bits per heavy atom. The predicted molar refractivity (Wildman–Crippen MR) is 95.8 cm³/mol. The van der Waals surface area contributed by atoms with E-state index in [4.69, 9.17) is 18.9 Å². The van der Waals surface area contributed by atoms with E-state index in [1.807, 2.05) is 6.07 Å². The molecule has 10 nitrogen and oxygen atoms in total. The highest BCUT2D eigenvalue weighted by Crippen LogP contribution is 2.28. The summed E-state index contributed by atoms with van der Waals surface area (Å²) in [5, 5.41) is 12.9. The van der Waals surface area contributed by atoms with Gasteiger partial charge in [-0.05, 0) is 5.56 Å². The summed E-state index contributed by atoms with van der Waals surface area (Å²) in [7, 11) is 0. The van der Waals surface area contributed by atoms with Crippen LogP contribution in [0.15, 0.2) is 30.3 Å². The van der Waals surface area contributed by atoms with Crippen LogP contribution in [-0.2, 0) is 44.7 Å². The van der Waals surface area contributed by atoms with Crippen molar-refractivity contribution >= 4 is 23.8 Å². The topological polar surface area (TPSA) is 137 Å². The minimum absolute atomic E-state index is 0.147. The lowest BCUT2D eigenvalue weighted by molar-refractivity contribution is -0.286. The summed E-state index contributed by atoms with van der Waals surface area (Å²) in [5.74, 6) is -3.07. The Kier molecular flexibility index (Phi) is 7.68. The third-order valence-electron chi connectivity index (χ3n) is 3.99. The Morgan fingerprint density at radius 2 is 1.41 bits per heavy atom. The monoisotopic (exact) mass is 409 g/mol. The quantitative estimate of drug-likeness (QED) is 0.484. The fraction of sp³-hybridized carbons (Fsp3) is 0.474. The summed E-state index contributed by atoms with van der Waals surface area (Å²) >= 11 is 0. The summed E-state index contributed by atoms with van der Waals surface area (Å²) in [6.45, 7) is 3.41. The zero-order valence-electron chi connectivity index (χ0n) is 16.2. The fourth-order valence-corrected chi connectivity index (χ4v) is 2.89. The second kappa shape index (κ2) is 9.99. The number of hydrogen-bond acceptors (Lipinski definition) is 9. The van der Waals surface area contributed by atoms with E-state index < -0.39 is 54.5 Å². The third kappa shape index (κ3) is 6.26. The van der Waals surface area contributed by atoms with Gasteiger partial charge in [0.2, 0.25) is 0 Å². The average Bonchev–Trinajstić information content (AvgIpc) is 2.64. The van der Waals surface area contributed by atoms with Crippen molar-refractivity contribution in [1.29, 1.82) is 0 Å². The van der Waals surface area contributed by atoms with Gasteiger partial charge in [0, 0.05) is 27.3 Å². The smallest absolute Gasteiger partial charge is 0.303 e. The lowest BCUT2D eigenvalue weighted by Gasteiger charge is -2.42. The van der Waals surface area contributed by atoms with Gasteiger partial charge >= 0.3 is 17.9 Å². The largest absolute Gasteiger partial charge is 0.455 e. The van der Waals surface area contributed by atoms with Crippen molar-refractivity contribution in [3.8, 4) is 0 Å². The number of aliphatic hydroxyl groups excluding tert-OH is 1. The molecule has 29 heavy (non-hydrogen) atoms. The molecule has 0 aromatic heterocycles. The molecule has 5 atom stereocenters. The molecule has 0 bridgehead atoms. The maximum Gasteiger partial charge on any atom is 0.303 e. The molecule has 2 N–H and O–H groups in total. The van der Waals surface area contributed by atoms with Crippen molar-refractivity contribution in [3.05, 3.63) is 35.9 Å². The molecule has 0 spiro atoms. The highest BCUT2D eigenvalue weighted by atomic mass is 16.7. The Hall–Kier alpha value is -2.98. The fourth-order valence-electron chi connectivity index (χ4n) is 2.89. The minimum atomic E-state index is -1.79. The van der Waals surface area contributed by atoms with Gasteiger partial charge in [-0.2, -0.15) is 0 Å². The molecule has 158 valence electrons. The molecule has 1 aliphatic rings. The summed E-state index contributed by atoms with van der Waals surface area (Å²) < 4.78 is 20.5. The van der Waals surface area contributed by atoms with Crippen LogP contribution in [0.2, 0.25) is 0 Å². The van der Waals surface area contributed by atoms with E-state index in [1.165, 1.54) is 0 Å². The van der Waals surface area contributed by atoms with Crippen LogP contribution in [0, 0.1) is 0 Å². The second-order valence-electron chi connectivity index (χ2n) is 6.37. The number of benzene rings is 1. The first kappa shape index (κ1) is 22.3. The Balaban J connectivity index is 2.26. The van der Waals surface area contributed by atoms with Crippen LogP contribution in [0.1, 0.15) is 26.3 Å². The van der Waals surface area contributed by atoms with Crippen molar-refractivity contribution in [1.82, 2.24) is 5.32 Å². The zero-order chi connectivity index (χ0) is 21.6. The zero-order valence-corrected chi connectivity index (χ0v) is 16.2. The highest BCUT2D eigenvalue weighted by molar-refractivity contribution is 5.82. The standard InChI is InChI=1S/C19H23NO9/c1-10(21)26-14-15(27-11(2)22)17(28-12(3)23)19(25)29-16(14)18(24)20-9-13-7-5-4-6-8-13/h4-8,14-17,19,25H,9H2,1-3H3,(H,20,24)/t14-,15-,16-,17+,19?/m0/s1. The van der Waals surface area contributed by atoms with E-state index in [1.54, 1.807) is 24.3 Å². The van der Waals surface area contributed by atoms with Crippen LogP contribution in [0.4, 0.5) is 0 Å². The molecule has 1 aliphatic heterocycles. The van der Waals surface area contributed by atoms with E-state index in [9.17, 15) is 24.3 Å². The lowest BCUT2D eigenvalue weighted by atomic mass is 9.97. The van der Waals surface area contributed by atoms with Crippen molar-refractivity contribution in [2.45, 2.75) is 58.0 Å². The number of carbonyl (C=O) groups is 4. The van der Waals surface area contributed by atoms with E-state index in [-0.39, 0.29) is 6.54 Å². The Morgan fingerprint density at radius 1 is 0.897 bits per heavy atom. The summed E-state index contributed by atoms with van der Waals surface area (Å²) in [4.78, 5) is 47.2. The van der Waals surface area contributed by atoms with Gasteiger partial charge in [0.1, 0.15) is 0 Å². The first-order valence-corrected chi connectivity index (χ1v) is 8.86. The molecule has 1 heterocycles. The Bertz CT molecular complexity index is 751. The van der Waals surface area contributed by atoms with Crippen LogP contribution in [-0.4, -0.2) is 59.6 Å². The normalized spacial score (nSPS) is 26.1. The summed E-state index contributed by atoms with van der Waals surface area (Å²) in [5.41, 5.74) is 0.801. The van der Waals surface area contributed by atoms with Gasteiger partial charge in [-0.1, -0.05) is 30.3 Å². The van der Waals surface area contributed by atoms with E-state index in [2.05, 4.69) is 5.32 Å². The van der Waals surface area contributed by atoms with Gasteiger partial charge < -0.3 is 29.4 Å². The average molecular weight is 409 g/mol. The minimum Gasteiger partial charge on any atom is -0.455 e. The van der Waals surface area contributed by atoms with E-state index >= 15 is 0 Å². The van der Waals surface area contributed by atoms with Crippen molar-refractivity contribution in [2.24, 2.45) is 0 Å². The van der Waals surface area contributed by atoms with E-state index in [0.717, 1.165) is 26.3 Å². The van der Waals surface area contributed by atoms with Gasteiger partial charge in [0.15, 0.2) is 30.7 Å². The molecule has 0 saturated carbocycles. The van der Waals surface area contributed by atoms with Gasteiger partial charge in [0.05, 0.1) is 0 Å². The van der Waals surface area contributed by atoms with Crippen molar-refractivity contribution in [3.63, 3.8) is 0 Å². The van der Waals surface area contributed by atoms with Crippen molar-refractivity contribution in [2.75, 3.05) is 0 Å². The highest BCUT2D eigenvalue weighted by Gasteiger charge is 2.53. The molecular formula is C19H23NO9. The molecule has 1 aromatic rings. The van der Waals surface area contributed by atoms with Crippen LogP contribution in [0.5, 0.6) is 0 Å². The number of ether oxygens (including phenoxy) is 4. The molecule has 10 heteroatoms. The SMILES string of the molecule is CC(=O)O[C@H]1[C@H](OC(C)=O)[C@@H](OC(C)=O)C(O)O[C@@H]1C(=O)NCc1ccccc1. The number of aliphatic hydroxyl groups is 1. The number of rotatable bonds is 6. The number of amides is 1. The van der Waals surface area contributed by atoms with Gasteiger partial charge in [-0.3, -0.25) is 19.2 Å². The van der Waals surface area contributed by atoms with E-state index in [0.29, 0.717) is 0 Å². The maximum absolute atomic E-state index is 12.7. The van der Waals surface area contributed by atoms with Gasteiger partial charge in [-0.15, -0.1) is 0 Å². The third-order valence-corrected chi connectivity index (χ3v) is 3.99. The number of hydrogen-bond donors (Lipinski definition) is 2. The first-order chi connectivity index (χ1) is 13.7. The van der Waals surface area contributed by atoms with Gasteiger partial charge in [-0.25, -0.2) is 0 Å². The molecule has 1 fully saturated rings. The summed E-state index contributed by atoms with van der Waals surface area (Å²) in [6.07, 6.45) is -7.67.